The topological polar surface area (TPSA) is 34.1 Å². The molecule has 0 atom stereocenters. The molecule has 7 aromatic carbocycles. The average molecular weight is 976 g/mol. The van der Waals surface area contributed by atoms with Crippen LogP contribution in [0.3, 0.4) is 0 Å². The number of hydrogen-bond donors (Lipinski definition) is 0. The summed E-state index contributed by atoms with van der Waals surface area (Å²) in [4.78, 5) is 12.7. The first-order chi connectivity index (χ1) is 30.7. The number of halogens is 20. The van der Waals surface area contributed by atoms with E-state index in [-0.39, 0.29) is 11.5 Å². The molecule has 24 heteroatoms. The van der Waals surface area contributed by atoms with E-state index in [1.807, 2.05) is 48.5 Å². The molecule has 0 amide bonds. The number of carbonyl (C=O) groups is 1. The van der Waals surface area contributed by atoms with Crippen molar-refractivity contribution in [2.24, 2.45) is 0 Å². The molecule has 0 saturated carbocycles. The molecule has 346 valence electrons. The third kappa shape index (κ3) is 7.51. The lowest BCUT2D eigenvalue weighted by molar-refractivity contribution is 0.102. The van der Waals surface area contributed by atoms with E-state index in [1.54, 1.807) is 12.5 Å². The second-order valence-electron chi connectivity index (χ2n) is 14.5. The minimum Gasteiger partial charge on any atom is -0.289 e. The van der Waals surface area contributed by atoms with Crippen LogP contribution in [0, 0.1) is 116 Å². The first-order valence-corrected chi connectivity index (χ1v) is 20.3. The maximum atomic E-state index is 15.4. The lowest BCUT2D eigenvalue weighted by atomic mass is 9.12. The minimum atomic E-state index is -7.22. The van der Waals surface area contributed by atoms with Crippen molar-refractivity contribution in [2.45, 2.75) is 0 Å². The number of hydrogen-bond acceptors (Lipinski definition) is 2. The molecule has 0 aliphatic rings. The zero-order chi connectivity index (χ0) is 49.4. The molecule has 0 radical (unpaired) electrons. The fourth-order valence-corrected chi connectivity index (χ4v) is 8.35. The van der Waals surface area contributed by atoms with E-state index in [2.05, 4.69) is 6.07 Å². The molecule has 0 aromatic heterocycles. The minimum absolute atomic E-state index is 0.0435. The van der Waals surface area contributed by atoms with Gasteiger partial charge in [0.25, 0.3) is 0 Å². The van der Waals surface area contributed by atoms with Crippen molar-refractivity contribution in [1.29, 1.82) is 0 Å². The van der Waals surface area contributed by atoms with Crippen LogP contribution in [0.25, 0.3) is 21.5 Å². The van der Waals surface area contributed by atoms with Gasteiger partial charge in [-0.1, -0.05) is 48.5 Å². The summed E-state index contributed by atoms with van der Waals surface area (Å²) in [5, 5.41) is 3.95. The van der Waals surface area contributed by atoms with Gasteiger partial charge in [-0.3, -0.25) is 4.79 Å². The zero-order valence-corrected chi connectivity index (χ0v) is 33.1. The summed E-state index contributed by atoms with van der Waals surface area (Å²) < 4.78 is 306. The molecule has 0 unspecified atom stereocenters. The maximum absolute atomic E-state index is 15.4. The van der Waals surface area contributed by atoms with E-state index in [0.29, 0.717) is 5.56 Å². The smallest absolute Gasteiger partial charge is 0.212 e. The molecule has 0 aliphatic heterocycles. The average Bonchev–Trinajstić information content (AvgIpc) is 3.27. The van der Waals surface area contributed by atoms with E-state index in [0.717, 1.165) is 21.5 Å². The summed E-state index contributed by atoms with van der Waals surface area (Å²) in [6, 6.07) is 17.8. The quantitative estimate of drug-likeness (QED) is 0.0304. The highest BCUT2D eigenvalue weighted by Crippen LogP contribution is 2.32. The molecule has 7 rings (SSSR count). The Morgan fingerprint density at radius 3 is 0.818 bits per heavy atom. The van der Waals surface area contributed by atoms with Crippen LogP contribution in [-0.2, 0) is 14.1 Å². The Morgan fingerprint density at radius 2 is 0.591 bits per heavy atom. The van der Waals surface area contributed by atoms with Gasteiger partial charge in [0.1, 0.15) is 65.2 Å². The normalized spacial score (nSPS) is 12.0. The van der Waals surface area contributed by atoms with E-state index in [4.69, 9.17) is 0 Å². The van der Waals surface area contributed by atoms with E-state index in [9.17, 15) is 61.7 Å². The second-order valence-corrected chi connectivity index (χ2v) is 17.7. The van der Waals surface area contributed by atoms with Crippen LogP contribution in [0.15, 0.2) is 54.6 Å². The Balaban J connectivity index is 0.000000284. The summed E-state index contributed by atoms with van der Waals surface area (Å²) in [5.41, 5.74) is -13.6. The van der Waals surface area contributed by atoms with Gasteiger partial charge in [-0.15, -0.1) is 26.1 Å². The van der Waals surface area contributed by atoms with Crippen molar-refractivity contribution in [2.75, 3.05) is 18.3 Å². The fourth-order valence-electron chi connectivity index (χ4n) is 7.58. The molecule has 0 N–H and O–H groups in total. The SMILES string of the molecule is C[S+](C)(=O)CC(=O)c1c2ccccc2cc2ccccc12.Fc1c(F)c(F)c([B-](c2c(F)c(F)c(F)c(F)c2F)(c2c(F)c(F)c(F)c(F)c2F)c2c(F)c(F)c(F)c(F)c2F)c(F)c1F. The first-order valence-electron chi connectivity index (χ1n) is 17.7. The predicted octanol–water partition coefficient (Wildman–Crippen LogP) is 9.78. The van der Waals surface area contributed by atoms with E-state index >= 15 is 35.1 Å². The molecule has 7 aromatic rings. The van der Waals surface area contributed by atoms with Crippen LogP contribution in [0.1, 0.15) is 10.4 Å². The summed E-state index contributed by atoms with van der Waals surface area (Å²) in [6.07, 6.45) is -3.94. The largest absolute Gasteiger partial charge is 0.289 e. The lowest BCUT2D eigenvalue weighted by Crippen LogP contribution is -2.81. The van der Waals surface area contributed by atoms with Crippen molar-refractivity contribution < 1.29 is 96.8 Å². The highest BCUT2D eigenvalue weighted by atomic mass is 32.2. The number of Topliss-reactive ketones (excluding diaryl/α,β-unsaturated/α-hetero) is 1. The van der Waals surface area contributed by atoms with Crippen LogP contribution in [0.2, 0.25) is 0 Å². The fraction of sp³-hybridized carbons (Fsp3) is 0.0714. The van der Waals surface area contributed by atoms with Gasteiger partial charge in [0.05, 0.1) is 9.93 Å². The molecule has 0 aliphatic carbocycles. The molecular weight excluding hydrogens is 959 g/mol. The number of fused-ring (bicyclic) bond motifs is 2. The molecule has 0 fully saturated rings. The van der Waals surface area contributed by atoms with Gasteiger partial charge < -0.3 is 0 Å². The Hall–Kier alpha value is -6.46. The van der Waals surface area contributed by atoms with Crippen molar-refractivity contribution in [3.8, 4) is 0 Å². The first kappa shape index (κ1) is 49.0. The Kier molecular flexibility index (Phi) is 12.9. The van der Waals surface area contributed by atoms with Crippen molar-refractivity contribution >= 4 is 65.3 Å². The number of carbonyl (C=O) groups excluding carboxylic acids is 1. The molecule has 2 nitrogen and oxygen atoms in total. The van der Waals surface area contributed by atoms with Gasteiger partial charge in [-0.05, 0) is 27.6 Å². The van der Waals surface area contributed by atoms with Crippen LogP contribution < -0.4 is 21.9 Å². The summed E-state index contributed by atoms with van der Waals surface area (Å²) in [7, 11) is -2.11. The lowest BCUT2D eigenvalue weighted by Gasteiger charge is -2.44. The number of ketones is 1. The van der Waals surface area contributed by atoms with Crippen molar-refractivity contribution in [3.05, 3.63) is 177 Å². The monoisotopic (exact) mass is 976 g/mol. The molecular formula is C42H17BF20O2S. The summed E-state index contributed by atoms with van der Waals surface area (Å²) in [5.74, 6) is -71.4. The van der Waals surface area contributed by atoms with Gasteiger partial charge in [-0.2, -0.15) is 0 Å². The van der Waals surface area contributed by atoms with Gasteiger partial charge in [-0.25, -0.2) is 87.8 Å². The highest BCUT2D eigenvalue weighted by Gasteiger charge is 2.52. The van der Waals surface area contributed by atoms with Gasteiger partial charge in [0.2, 0.25) is 5.78 Å². The van der Waals surface area contributed by atoms with Crippen LogP contribution >= 0.6 is 0 Å². The van der Waals surface area contributed by atoms with E-state index in [1.165, 1.54) is 0 Å². The third-order valence-electron chi connectivity index (χ3n) is 10.2. The predicted molar refractivity (Wildman–Crippen MR) is 200 cm³/mol. The highest BCUT2D eigenvalue weighted by molar-refractivity contribution is 8.02. The summed E-state index contributed by atoms with van der Waals surface area (Å²) >= 11 is 0. The number of benzene rings is 7. The van der Waals surface area contributed by atoms with Crippen molar-refractivity contribution in [3.63, 3.8) is 0 Å². The second kappa shape index (κ2) is 17.4. The van der Waals surface area contributed by atoms with Gasteiger partial charge in [0.15, 0.2) is 75.6 Å². The van der Waals surface area contributed by atoms with Crippen molar-refractivity contribution in [1.82, 2.24) is 0 Å². The third-order valence-corrected chi connectivity index (χ3v) is 11.2. The van der Waals surface area contributed by atoms with Crippen LogP contribution in [0.4, 0.5) is 87.8 Å². The Labute approximate surface area is 356 Å². The molecule has 0 heterocycles. The molecule has 0 saturated heterocycles. The standard InChI is InChI=1S/C24BF20.C18H17O2S/c26-5-1(6(27)14(35)21(42)13(5)34)25(2-7(28)15(36)22(43)16(37)8(2)29,3-9(30)17(38)23(44)18(39)10(3)31)4-11(32)19(40)24(45)20(41)12(4)33;1-21(2,20)12-17(19)18-15-9-5-3-7-13(15)11-14-8-4-6-10-16(14)18/h;3-11H,12H2,1-2H3/q-1;+1. The maximum Gasteiger partial charge on any atom is 0.212 e. The summed E-state index contributed by atoms with van der Waals surface area (Å²) in [6.45, 7) is 0. The molecule has 0 spiro atoms. The number of rotatable bonds is 7. The van der Waals surface area contributed by atoms with Gasteiger partial charge >= 0.3 is 0 Å². The molecule has 66 heavy (non-hydrogen) atoms. The van der Waals surface area contributed by atoms with Crippen LogP contribution in [-0.4, -0.2) is 30.2 Å². The van der Waals surface area contributed by atoms with Crippen LogP contribution in [0.5, 0.6) is 0 Å². The Morgan fingerprint density at radius 1 is 0.379 bits per heavy atom. The van der Waals surface area contributed by atoms with E-state index < -0.39 is 154 Å². The molecule has 0 bridgehead atoms. The van der Waals surface area contributed by atoms with Gasteiger partial charge in [0, 0.05) is 5.56 Å². The Bertz CT molecular complexity index is 2830. The zero-order valence-electron chi connectivity index (χ0n) is 32.3.